The molecule has 11 nitrogen and oxygen atoms in total. The summed E-state index contributed by atoms with van der Waals surface area (Å²) in [6.45, 7) is 5.72. The number of aromatic nitrogens is 2. The number of carbonyl (C=O) groups is 1. The number of nitrogens with zero attached hydrogens (tertiary/aromatic N) is 4. The Morgan fingerprint density at radius 2 is 2.17 bits per heavy atom. The number of carbonyl (C=O) groups excluding carboxylic acids is 1. The first-order valence-electron chi connectivity index (χ1n) is 10.2. The molecule has 4 atom stereocenters. The van der Waals surface area contributed by atoms with Crippen molar-refractivity contribution in [3.63, 3.8) is 0 Å². The van der Waals surface area contributed by atoms with Gasteiger partial charge in [-0.25, -0.2) is 9.97 Å². The highest BCUT2D eigenvalue weighted by Crippen LogP contribution is 2.43. The minimum Gasteiger partial charge on any atom is -0.469 e. The van der Waals surface area contributed by atoms with Crippen molar-refractivity contribution in [3.05, 3.63) is 6.33 Å². The van der Waals surface area contributed by atoms with E-state index in [1.165, 1.54) is 13.4 Å². The molecule has 3 N–H and O–H groups in total. The Kier molecular flexibility index (Phi) is 5.71. The SMILES string of the molecule is COC(=O)CCCN(C)CC1OC(N2CNc3c(N)ncnc32)C2OC(C)(C)O[C@H]12. The van der Waals surface area contributed by atoms with Gasteiger partial charge in [-0.05, 0) is 33.9 Å². The Morgan fingerprint density at radius 1 is 1.40 bits per heavy atom. The van der Waals surface area contributed by atoms with Crippen molar-refractivity contribution in [3.8, 4) is 0 Å². The predicted octanol–water partition coefficient (Wildman–Crippen LogP) is 0.378. The third kappa shape index (κ3) is 4.02. The molecule has 3 aliphatic rings. The molecule has 4 rings (SSSR count). The summed E-state index contributed by atoms with van der Waals surface area (Å²) < 4.78 is 23.5. The van der Waals surface area contributed by atoms with Crippen LogP contribution in [0, 0.1) is 0 Å². The summed E-state index contributed by atoms with van der Waals surface area (Å²) >= 11 is 0. The lowest BCUT2D eigenvalue weighted by atomic mass is 10.1. The number of ether oxygens (including phenoxy) is 4. The quantitative estimate of drug-likeness (QED) is 0.592. The molecule has 166 valence electrons. The number of fused-ring (bicyclic) bond motifs is 2. The Morgan fingerprint density at radius 3 is 2.93 bits per heavy atom. The summed E-state index contributed by atoms with van der Waals surface area (Å²) in [6.07, 6.45) is 1.53. The lowest BCUT2D eigenvalue weighted by Crippen LogP contribution is -2.44. The summed E-state index contributed by atoms with van der Waals surface area (Å²) in [5, 5.41) is 3.24. The fourth-order valence-corrected chi connectivity index (χ4v) is 4.28. The first-order chi connectivity index (χ1) is 14.3. The van der Waals surface area contributed by atoms with E-state index in [0.717, 1.165) is 13.0 Å². The van der Waals surface area contributed by atoms with Crippen LogP contribution in [0.4, 0.5) is 17.3 Å². The predicted molar refractivity (Wildman–Crippen MR) is 109 cm³/mol. The second-order valence-electron chi connectivity index (χ2n) is 8.33. The Hall–Kier alpha value is -2.21. The minimum absolute atomic E-state index is 0.187. The zero-order chi connectivity index (χ0) is 21.5. The number of hydrogen-bond acceptors (Lipinski definition) is 11. The molecule has 0 aliphatic carbocycles. The van der Waals surface area contributed by atoms with E-state index in [1.807, 2.05) is 25.8 Å². The first kappa shape index (κ1) is 21.0. The lowest BCUT2D eigenvalue weighted by molar-refractivity contribution is -0.188. The van der Waals surface area contributed by atoms with Gasteiger partial charge < -0.3 is 39.8 Å². The molecule has 2 saturated heterocycles. The van der Waals surface area contributed by atoms with Crippen LogP contribution in [0.5, 0.6) is 0 Å². The van der Waals surface area contributed by atoms with Crippen LogP contribution < -0.4 is 16.0 Å². The molecule has 0 radical (unpaired) electrons. The van der Waals surface area contributed by atoms with Crippen molar-refractivity contribution >= 4 is 23.3 Å². The van der Waals surface area contributed by atoms with E-state index in [-0.39, 0.29) is 30.5 Å². The smallest absolute Gasteiger partial charge is 0.305 e. The number of nitrogen functional groups attached to an aromatic ring is 1. The van der Waals surface area contributed by atoms with Gasteiger partial charge in [0.25, 0.3) is 0 Å². The van der Waals surface area contributed by atoms with E-state index in [4.69, 9.17) is 24.7 Å². The van der Waals surface area contributed by atoms with Crippen molar-refractivity contribution in [2.24, 2.45) is 0 Å². The van der Waals surface area contributed by atoms with Gasteiger partial charge in [-0.2, -0.15) is 0 Å². The number of hydrogen-bond donors (Lipinski definition) is 2. The fraction of sp³-hybridized carbons (Fsp3) is 0.737. The van der Waals surface area contributed by atoms with Crippen LogP contribution in [-0.2, 0) is 23.7 Å². The molecule has 3 unspecified atom stereocenters. The molecule has 0 amide bonds. The molecule has 3 aliphatic heterocycles. The maximum atomic E-state index is 11.3. The van der Waals surface area contributed by atoms with Crippen LogP contribution >= 0.6 is 0 Å². The summed E-state index contributed by atoms with van der Waals surface area (Å²) in [6, 6.07) is 0. The average Bonchev–Trinajstić information content (AvgIpc) is 3.34. The van der Waals surface area contributed by atoms with Gasteiger partial charge in [0.05, 0.1) is 13.8 Å². The number of nitrogens with one attached hydrogen (secondary N) is 1. The van der Waals surface area contributed by atoms with Crippen LogP contribution in [0.3, 0.4) is 0 Å². The highest BCUT2D eigenvalue weighted by molar-refractivity contribution is 5.80. The van der Waals surface area contributed by atoms with Crippen molar-refractivity contribution in [1.82, 2.24) is 14.9 Å². The minimum atomic E-state index is -0.695. The van der Waals surface area contributed by atoms with Gasteiger partial charge in [0.1, 0.15) is 30.3 Å². The van der Waals surface area contributed by atoms with Crippen molar-refractivity contribution in [2.75, 3.05) is 49.9 Å². The van der Waals surface area contributed by atoms with Crippen LogP contribution in [0.25, 0.3) is 0 Å². The van der Waals surface area contributed by atoms with Gasteiger partial charge in [-0.1, -0.05) is 0 Å². The zero-order valence-corrected chi connectivity index (χ0v) is 17.8. The third-order valence-electron chi connectivity index (χ3n) is 5.63. The number of methoxy groups -OCH3 is 1. The van der Waals surface area contributed by atoms with Gasteiger partial charge in [0.15, 0.2) is 23.7 Å². The number of rotatable bonds is 7. The van der Waals surface area contributed by atoms with Gasteiger partial charge in [0, 0.05) is 13.0 Å². The molecule has 1 aromatic rings. The van der Waals surface area contributed by atoms with Gasteiger partial charge in [0.2, 0.25) is 0 Å². The highest BCUT2D eigenvalue weighted by atomic mass is 16.8. The normalized spacial score (nSPS) is 29.0. The average molecular weight is 422 g/mol. The van der Waals surface area contributed by atoms with Crippen molar-refractivity contribution in [2.45, 2.75) is 57.0 Å². The summed E-state index contributed by atoms with van der Waals surface area (Å²) in [4.78, 5) is 23.9. The fourth-order valence-electron chi connectivity index (χ4n) is 4.28. The second kappa shape index (κ2) is 8.14. The Bertz CT molecular complexity index is 793. The lowest BCUT2D eigenvalue weighted by Gasteiger charge is -2.30. The molecule has 30 heavy (non-hydrogen) atoms. The van der Waals surface area contributed by atoms with Crippen molar-refractivity contribution < 1.29 is 23.7 Å². The summed E-state index contributed by atoms with van der Waals surface area (Å²) in [5.41, 5.74) is 6.68. The maximum absolute atomic E-state index is 11.3. The molecule has 0 spiro atoms. The molecular formula is C19H30N6O5. The number of anilines is 3. The van der Waals surface area contributed by atoms with Gasteiger partial charge in [-0.3, -0.25) is 4.79 Å². The van der Waals surface area contributed by atoms with Crippen LogP contribution in [0.1, 0.15) is 26.7 Å². The van der Waals surface area contributed by atoms with E-state index < -0.39 is 5.79 Å². The summed E-state index contributed by atoms with van der Waals surface area (Å²) in [7, 11) is 3.41. The standard InChI is InChI=1S/C19H30N6O5/c1-19(2)29-14-11(8-24(3)7-5-6-12(26)27-4)28-18(15(14)30-19)25-10-23-13-16(20)21-9-22-17(13)25/h9,11,14-15,18,23H,5-8,10H2,1-4H3,(H2,20,21,22)/t11?,14-,15?,18?/m1/s1. The van der Waals surface area contributed by atoms with Crippen LogP contribution in [0.2, 0.25) is 0 Å². The third-order valence-corrected chi connectivity index (χ3v) is 5.63. The van der Waals surface area contributed by atoms with Crippen molar-refractivity contribution in [1.29, 1.82) is 0 Å². The molecule has 0 bridgehead atoms. The monoisotopic (exact) mass is 422 g/mol. The Labute approximate surface area is 175 Å². The van der Waals surface area contributed by atoms with E-state index in [2.05, 4.69) is 20.2 Å². The maximum Gasteiger partial charge on any atom is 0.305 e. The van der Waals surface area contributed by atoms with E-state index in [9.17, 15) is 4.79 Å². The Balaban J connectivity index is 1.46. The summed E-state index contributed by atoms with van der Waals surface area (Å²) in [5.74, 6) is 0.214. The highest BCUT2D eigenvalue weighted by Gasteiger charge is 2.57. The van der Waals surface area contributed by atoms with E-state index >= 15 is 0 Å². The van der Waals surface area contributed by atoms with Crippen LogP contribution in [-0.4, -0.2) is 85.1 Å². The first-order valence-corrected chi connectivity index (χ1v) is 10.2. The van der Waals surface area contributed by atoms with Crippen LogP contribution in [0.15, 0.2) is 6.33 Å². The number of likely N-dealkylation sites (N-methyl/N-ethyl adjacent to an activating group) is 1. The molecule has 0 saturated carbocycles. The second-order valence-corrected chi connectivity index (χ2v) is 8.33. The van der Waals surface area contributed by atoms with E-state index in [1.54, 1.807) is 0 Å². The molecule has 2 fully saturated rings. The van der Waals surface area contributed by atoms with Gasteiger partial charge >= 0.3 is 5.97 Å². The topological polar surface area (TPSA) is 124 Å². The zero-order valence-electron chi connectivity index (χ0n) is 17.8. The molecule has 11 heteroatoms. The largest absolute Gasteiger partial charge is 0.469 e. The molecular weight excluding hydrogens is 392 g/mol. The van der Waals surface area contributed by atoms with Gasteiger partial charge in [-0.15, -0.1) is 0 Å². The van der Waals surface area contributed by atoms with E-state index in [0.29, 0.717) is 37.0 Å². The number of nitrogens with two attached hydrogens (primary N) is 1. The molecule has 4 heterocycles. The molecule has 1 aromatic heterocycles. The molecule has 0 aromatic carbocycles. The number of esters is 1.